The van der Waals surface area contributed by atoms with Gasteiger partial charge in [-0.1, -0.05) is 12.5 Å². The predicted octanol–water partition coefficient (Wildman–Crippen LogP) is 2.35. The van der Waals surface area contributed by atoms with Crippen LogP contribution in [0.15, 0.2) is 17.5 Å². The molecule has 3 rings (SSSR count). The number of H-pyrrole nitrogens is 1. The summed E-state index contributed by atoms with van der Waals surface area (Å²) in [6.07, 6.45) is 3.69. The summed E-state index contributed by atoms with van der Waals surface area (Å²) in [7, 11) is 0. The van der Waals surface area contributed by atoms with Gasteiger partial charge < -0.3 is 5.32 Å². The molecular formula is C11H14N4S. The van der Waals surface area contributed by atoms with Crippen molar-refractivity contribution in [1.82, 2.24) is 20.5 Å². The molecule has 84 valence electrons. The van der Waals surface area contributed by atoms with Gasteiger partial charge in [0.25, 0.3) is 0 Å². The number of piperidine rings is 1. The van der Waals surface area contributed by atoms with E-state index in [-0.39, 0.29) is 0 Å². The van der Waals surface area contributed by atoms with E-state index in [9.17, 15) is 0 Å². The second-order valence-electron chi connectivity index (χ2n) is 4.02. The lowest BCUT2D eigenvalue weighted by Gasteiger charge is -2.20. The normalized spacial score (nSPS) is 21.1. The van der Waals surface area contributed by atoms with Gasteiger partial charge in [0.15, 0.2) is 5.82 Å². The second kappa shape index (κ2) is 4.35. The van der Waals surface area contributed by atoms with Crippen LogP contribution in [0.25, 0.3) is 10.7 Å². The molecule has 0 amide bonds. The molecule has 1 aliphatic heterocycles. The highest BCUT2D eigenvalue weighted by Gasteiger charge is 2.18. The van der Waals surface area contributed by atoms with Crippen molar-refractivity contribution in [2.45, 2.75) is 25.3 Å². The van der Waals surface area contributed by atoms with Crippen LogP contribution >= 0.6 is 11.3 Å². The van der Waals surface area contributed by atoms with Gasteiger partial charge in [0.2, 0.25) is 0 Å². The van der Waals surface area contributed by atoms with Crippen LogP contribution in [0.5, 0.6) is 0 Å². The molecule has 4 nitrogen and oxygen atoms in total. The molecule has 0 radical (unpaired) electrons. The summed E-state index contributed by atoms with van der Waals surface area (Å²) in [5.41, 5.74) is 0. The molecule has 2 aromatic heterocycles. The second-order valence-corrected chi connectivity index (χ2v) is 4.97. The minimum Gasteiger partial charge on any atom is -0.307 e. The first-order valence-corrected chi connectivity index (χ1v) is 6.51. The van der Waals surface area contributed by atoms with Crippen molar-refractivity contribution < 1.29 is 0 Å². The smallest absolute Gasteiger partial charge is 0.191 e. The Morgan fingerprint density at radius 1 is 1.38 bits per heavy atom. The van der Waals surface area contributed by atoms with Crippen molar-refractivity contribution in [3.05, 3.63) is 23.3 Å². The summed E-state index contributed by atoms with van der Waals surface area (Å²) >= 11 is 1.67. The third kappa shape index (κ3) is 1.88. The standard InChI is InChI=1S/C11H14N4S/c1-2-6-12-8(4-1)10-13-11(15-14-10)9-5-3-7-16-9/h3,5,7-8,12H,1-2,4,6H2,(H,13,14,15)/t8-/m1/s1. The van der Waals surface area contributed by atoms with E-state index in [1.807, 2.05) is 17.5 Å². The summed E-state index contributed by atoms with van der Waals surface area (Å²) < 4.78 is 0. The minimum absolute atomic E-state index is 0.356. The fraction of sp³-hybridized carbons (Fsp3) is 0.455. The predicted molar refractivity (Wildman–Crippen MR) is 64.3 cm³/mol. The Morgan fingerprint density at radius 2 is 2.38 bits per heavy atom. The molecule has 3 heterocycles. The number of rotatable bonds is 2. The van der Waals surface area contributed by atoms with Crippen LogP contribution in [0, 0.1) is 0 Å². The van der Waals surface area contributed by atoms with Gasteiger partial charge in [-0.2, -0.15) is 5.10 Å². The Labute approximate surface area is 98.1 Å². The first-order chi connectivity index (χ1) is 7.93. The monoisotopic (exact) mass is 234 g/mol. The van der Waals surface area contributed by atoms with Crippen LogP contribution in [-0.2, 0) is 0 Å². The molecule has 0 aromatic carbocycles. The third-order valence-corrected chi connectivity index (χ3v) is 3.75. The van der Waals surface area contributed by atoms with E-state index in [1.54, 1.807) is 11.3 Å². The lowest BCUT2D eigenvalue weighted by molar-refractivity contribution is 0.398. The van der Waals surface area contributed by atoms with Gasteiger partial charge in [0.1, 0.15) is 5.82 Å². The number of thiophene rings is 1. The lowest BCUT2D eigenvalue weighted by atomic mass is 10.0. The Morgan fingerprint density at radius 3 is 3.12 bits per heavy atom. The maximum Gasteiger partial charge on any atom is 0.191 e. The number of aromatic nitrogens is 3. The van der Waals surface area contributed by atoms with Crippen molar-refractivity contribution >= 4 is 11.3 Å². The molecule has 0 saturated carbocycles. The Kier molecular flexibility index (Phi) is 2.71. The zero-order chi connectivity index (χ0) is 10.8. The zero-order valence-electron chi connectivity index (χ0n) is 8.94. The Bertz CT molecular complexity index is 442. The zero-order valence-corrected chi connectivity index (χ0v) is 9.76. The van der Waals surface area contributed by atoms with Crippen LogP contribution in [0.4, 0.5) is 0 Å². The number of nitrogens with zero attached hydrogens (tertiary/aromatic N) is 2. The topological polar surface area (TPSA) is 53.6 Å². The van der Waals surface area contributed by atoms with Crippen molar-refractivity contribution in [2.75, 3.05) is 6.54 Å². The van der Waals surface area contributed by atoms with Crippen LogP contribution in [-0.4, -0.2) is 21.7 Å². The van der Waals surface area contributed by atoms with Crippen molar-refractivity contribution in [2.24, 2.45) is 0 Å². The molecule has 5 heteroatoms. The van der Waals surface area contributed by atoms with Crippen LogP contribution in [0.2, 0.25) is 0 Å². The number of hydrogen-bond acceptors (Lipinski definition) is 4. The van der Waals surface area contributed by atoms with Gasteiger partial charge in [0, 0.05) is 0 Å². The Balaban J connectivity index is 1.82. The van der Waals surface area contributed by atoms with Gasteiger partial charge >= 0.3 is 0 Å². The molecular weight excluding hydrogens is 220 g/mol. The summed E-state index contributed by atoms with van der Waals surface area (Å²) in [6.45, 7) is 1.08. The number of aromatic amines is 1. The summed E-state index contributed by atoms with van der Waals surface area (Å²) in [6, 6.07) is 4.43. The summed E-state index contributed by atoms with van der Waals surface area (Å²) in [4.78, 5) is 5.68. The maximum absolute atomic E-state index is 4.56. The fourth-order valence-corrected chi connectivity index (χ4v) is 2.69. The number of nitrogens with one attached hydrogen (secondary N) is 2. The molecule has 2 aromatic rings. The van der Waals surface area contributed by atoms with E-state index in [0.29, 0.717) is 6.04 Å². The number of hydrogen-bond donors (Lipinski definition) is 2. The van der Waals surface area contributed by atoms with Crippen molar-refractivity contribution in [3.8, 4) is 10.7 Å². The Hall–Kier alpha value is -1.20. The molecule has 1 fully saturated rings. The van der Waals surface area contributed by atoms with Gasteiger partial charge in [0.05, 0.1) is 10.9 Å². The molecule has 2 N–H and O–H groups in total. The minimum atomic E-state index is 0.356. The molecule has 16 heavy (non-hydrogen) atoms. The van der Waals surface area contributed by atoms with E-state index in [4.69, 9.17) is 0 Å². The van der Waals surface area contributed by atoms with Crippen molar-refractivity contribution in [3.63, 3.8) is 0 Å². The van der Waals surface area contributed by atoms with E-state index >= 15 is 0 Å². The summed E-state index contributed by atoms with van der Waals surface area (Å²) in [5.74, 6) is 1.79. The van der Waals surface area contributed by atoms with Crippen molar-refractivity contribution in [1.29, 1.82) is 0 Å². The highest BCUT2D eigenvalue weighted by Crippen LogP contribution is 2.24. The van der Waals surface area contributed by atoms with Gasteiger partial charge in [-0.15, -0.1) is 11.3 Å². The first kappa shape index (κ1) is 9.99. The van der Waals surface area contributed by atoms with Gasteiger partial charge in [-0.3, -0.25) is 5.10 Å². The highest BCUT2D eigenvalue weighted by molar-refractivity contribution is 7.13. The molecule has 0 spiro atoms. The third-order valence-electron chi connectivity index (χ3n) is 2.88. The molecule has 0 unspecified atom stereocenters. The van der Waals surface area contributed by atoms with Gasteiger partial charge in [-0.05, 0) is 30.8 Å². The molecule has 0 aliphatic carbocycles. The fourth-order valence-electron chi connectivity index (χ4n) is 2.03. The first-order valence-electron chi connectivity index (χ1n) is 5.63. The lowest BCUT2D eigenvalue weighted by Crippen LogP contribution is -2.27. The molecule has 0 bridgehead atoms. The van der Waals surface area contributed by atoms with E-state index < -0.39 is 0 Å². The van der Waals surface area contributed by atoms with Crippen LogP contribution in [0.3, 0.4) is 0 Å². The van der Waals surface area contributed by atoms with E-state index in [0.717, 1.165) is 29.5 Å². The summed E-state index contributed by atoms with van der Waals surface area (Å²) in [5, 5.41) is 12.8. The average Bonchev–Trinajstić information content (AvgIpc) is 3.01. The molecule has 1 atom stereocenters. The highest BCUT2D eigenvalue weighted by atomic mass is 32.1. The van der Waals surface area contributed by atoms with E-state index in [2.05, 4.69) is 20.5 Å². The van der Waals surface area contributed by atoms with E-state index in [1.165, 1.54) is 12.8 Å². The largest absolute Gasteiger partial charge is 0.307 e. The molecule has 1 saturated heterocycles. The van der Waals surface area contributed by atoms with Gasteiger partial charge in [-0.25, -0.2) is 4.98 Å². The molecule has 1 aliphatic rings. The quantitative estimate of drug-likeness (QED) is 0.838. The average molecular weight is 234 g/mol. The maximum atomic E-state index is 4.56. The van der Waals surface area contributed by atoms with Crippen LogP contribution < -0.4 is 5.32 Å². The SMILES string of the molecule is c1csc(-c2n[nH]c([C@H]3CCCCN3)n2)c1. The van der Waals surface area contributed by atoms with Crippen LogP contribution in [0.1, 0.15) is 31.1 Å².